The number of hydrogen-bond acceptors (Lipinski definition) is 6. The van der Waals surface area contributed by atoms with Crippen LogP contribution in [0.2, 0.25) is 0 Å². The van der Waals surface area contributed by atoms with E-state index in [-0.39, 0.29) is 18.6 Å². The first-order chi connectivity index (χ1) is 17.7. The van der Waals surface area contributed by atoms with Crippen LogP contribution in [0.15, 0.2) is 42.9 Å². The lowest BCUT2D eigenvalue weighted by molar-refractivity contribution is 0.0225. The number of carbonyl (C=O) groups excluding carboxylic acids is 2. The van der Waals surface area contributed by atoms with E-state index in [4.69, 9.17) is 9.47 Å². The van der Waals surface area contributed by atoms with E-state index in [9.17, 15) is 9.59 Å². The fourth-order valence-electron chi connectivity index (χ4n) is 4.32. The number of ether oxygens (including phenoxy) is 2. The molecule has 3 heterocycles. The molecule has 3 aromatic heterocycles. The highest BCUT2D eigenvalue weighted by Crippen LogP contribution is 2.33. The number of carbonyl (C=O) groups is 2. The maximum Gasteiger partial charge on any atom is 0.410 e. The Morgan fingerprint density at radius 1 is 1.14 bits per heavy atom. The molecule has 0 bridgehead atoms. The van der Waals surface area contributed by atoms with Crippen molar-refractivity contribution in [3.63, 3.8) is 0 Å². The van der Waals surface area contributed by atoms with Crippen LogP contribution in [0.25, 0.3) is 11.3 Å². The summed E-state index contributed by atoms with van der Waals surface area (Å²) in [6.07, 6.45) is 8.35. The number of rotatable bonds is 8. The van der Waals surface area contributed by atoms with Crippen LogP contribution < -0.4 is 10.1 Å². The highest BCUT2D eigenvalue weighted by molar-refractivity contribution is 6.09. The van der Waals surface area contributed by atoms with Gasteiger partial charge in [-0.2, -0.15) is 0 Å². The number of nitrogens with zero attached hydrogens (tertiary/aromatic N) is 3. The molecule has 0 atom stereocenters. The zero-order chi connectivity index (χ0) is 26.4. The van der Waals surface area contributed by atoms with E-state index >= 15 is 0 Å². The summed E-state index contributed by atoms with van der Waals surface area (Å²) in [7, 11) is 0. The molecule has 9 heteroatoms. The predicted octanol–water partition coefficient (Wildman–Crippen LogP) is 5.24. The van der Waals surface area contributed by atoms with Gasteiger partial charge >= 0.3 is 6.09 Å². The van der Waals surface area contributed by atoms with Crippen molar-refractivity contribution in [1.29, 1.82) is 0 Å². The van der Waals surface area contributed by atoms with Crippen molar-refractivity contribution in [2.24, 2.45) is 0 Å². The number of H-pyrrole nitrogens is 1. The standard InChI is InChI=1S/C28H35N5O4/c1-5-14-33(27(35)37-28(2,3)4)15-16-36-23-12-11-20(17-31-23)32-26(34)21-18-30-22-10-6-8-19-9-7-13-29-25(19)24(21)22/h7,9,11-13,17-18,30H,5-6,8,10,14-16H2,1-4H3,(H,32,34). The second kappa shape index (κ2) is 11.5. The number of amides is 2. The van der Waals surface area contributed by atoms with Gasteiger partial charge in [-0.05, 0) is 64.2 Å². The summed E-state index contributed by atoms with van der Waals surface area (Å²) in [5.74, 6) is 0.186. The van der Waals surface area contributed by atoms with Gasteiger partial charge in [-0.25, -0.2) is 9.78 Å². The Morgan fingerprint density at radius 3 is 2.70 bits per heavy atom. The lowest BCUT2D eigenvalue weighted by Gasteiger charge is -2.27. The smallest absolute Gasteiger partial charge is 0.410 e. The molecule has 2 N–H and O–H groups in total. The number of hydrogen-bond donors (Lipinski definition) is 2. The number of aromatic nitrogens is 3. The fraction of sp³-hybridized carbons (Fsp3) is 0.429. The lowest BCUT2D eigenvalue weighted by atomic mass is 10.0. The van der Waals surface area contributed by atoms with Crippen LogP contribution in [0, 0.1) is 0 Å². The normalized spacial score (nSPS) is 12.6. The molecule has 0 saturated heterocycles. The Balaban J connectivity index is 1.36. The third-order valence-corrected chi connectivity index (χ3v) is 5.96. The zero-order valence-corrected chi connectivity index (χ0v) is 22.0. The Bertz CT molecular complexity index is 1230. The highest BCUT2D eigenvalue weighted by Gasteiger charge is 2.24. The number of fused-ring (bicyclic) bond motifs is 3. The van der Waals surface area contributed by atoms with Crippen LogP contribution in [0.3, 0.4) is 0 Å². The van der Waals surface area contributed by atoms with Gasteiger partial charge in [0.1, 0.15) is 12.2 Å². The Kier molecular flexibility index (Phi) is 8.11. The highest BCUT2D eigenvalue weighted by atomic mass is 16.6. The molecule has 0 fully saturated rings. The minimum atomic E-state index is -0.551. The molecule has 0 unspecified atom stereocenters. The Labute approximate surface area is 217 Å². The monoisotopic (exact) mass is 505 g/mol. The molecule has 37 heavy (non-hydrogen) atoms. The number of aromatic amines is 1. The first-order valence-corrected chi connectivity index (χ1v) is 12.8. The largest absolute Gasteiger partial charge is 0.476 e. The average Bonchev–Trinajstić information content (AvgIpc) is 3.19. The molecule has 1 aliphatic rings. The summed E-state index contributed by atoms with van der Waals surface area (Å²) in [6, 6.07) is 7.45. The van der Waals surface area contributed by atoms with Gasteiger partial charge in [-0.1, -0.05) is 13.0 Å². The summed E-state index contributed by atoms with van der Waals surface area (Å²) in [5.41, 5.74) is 4.51. The van der Waals surface area contributed by atoms with Crippen LogP contribution in [0.4, 0.5) is 10.5 Å². The summed E-state index contributed by atoms with van der Waals surface area (Å²) < 4.78 is 11.2. The Hall–Kier alpha value is -3.88. The van der Waals surface area contributed by atoms with E-state index in [1.807, 2.05) is 33.8 Å². The van der Waals surface area contributed by atoms with Gasteiger partial charge in [0.05, 0.1) is 29.7 Å². The molecule has 0 spiro atoms. The van der Waals surface area contributed by atoms with Crippen LogP contribution in [-0.2, 0) is 17.6 Å². The minimum Gasteiger partial charge on any atom is -0.476 e. The van der Waals surface area contributed by atoms with E-state index in [0.717, 1.165) is 48.2 Å². The van der Waals surface area contributed by atoms with Crippen molar-refractivity contribution in [2.45, 2.75) is 59.0 Å². The molecular formula is C28H35N5O4. The van der Waals surface area contributed by atoms with Crippen molar-refractivity contribution in [3.05, 3.63) is 59.7 Å². The lowest BCUT2D eigenvalue weighted by Crippen LogP contribution is -2.39. The van der Waals surface area contributed by atoms with Gasteiger partial charge < -0.3 is 24.7 Å². The van der Waals surface area contributed by atoms with Crippen molar-refractivity contribution in [3.8, 4) is 17.1 Å². The first-order valence-electron chi connectivity index (χ1n) is 12.8. The summed E-state index contributed by atoms with van der Waals surface area (Å²) >= 11 is 0. The molecule has 0 aliphatic heterocycles. The van der Waals surface area contributed by atoms with E-state index in [1.54, 1.807) is 35.6 Å². The van der Waals surface area contributed by atoms with E-state index in [1.165, 1.54) is 0 Å². The number of pyridine rings is 2. The number of anilines is 1. The van der Waals surface area contributed by atoms with Crippen molar-refractivity contribution in [2.75, 3.05) is 25.0 Å². The van der Waals surface area contributed by atoms with Gasteiger partial charge in [0.25, 0.3) is 5.91 Å². The fourth-order valence-corrected chi connectivity index (χ4v) is 4.32. The molecule has 2 amide bonds. The SMILES string of the molecule is CCCN(CCOc1ccc(NC(=O)c2c[nH]c3c2-c2ncccc2CCC3)cn1)C(=O)OC(C)(C)C. The maximum atomic E-state index is 13.2. The third-order valence-electron chi connectivity index (χ3n) is 5.96. The van der Waals surface area contributed by atoms with Crippen LogP contribution in [0.5, 0.6) is 5.88 Å². The van der Waals surface area contributed by atoms with Crippen molar-refractivity contribution in [1.82, 2.24) is 19.9 Å². The first kappa shape index (κ1) is 26.2. The maximum absolute atomic E-state index is 13.2. The quantitative estimate of drug-likeness (QED) is 0.433. The second-order valence-corrected chi connectivity index (χ2v) is 10.1. The van der Waals surface area contributed by atoms with Gasteiger partial charge in [-0.15, -0.1) is 0 Å². The number of nitrogens with one attached hydrogen (secondary N) is 2. The Morgan fingerprint density at radius 2 is 1.97 bits per heavy atom. The topological polar surface area (TPSA) is 109 Å². The molecule has 0 aromatic carbocycles. The molecule has 196 valence electrons. The molecule has 0 radical (unpaired) electrons. The molecular weight excluding hydrogens is 470 g/mol. The average molecular weight is 506 g/mol. The summed E-state index contributed by atoms with van der Waals surface area (Å²) in [4.78, 5) is 39.3. The number of aryl methyl sites for hydroxylation is 2. The molecule has 4 rings (SSSR count). The molecule has 9 nitrogen and oxygen atoms in total. The minimum absolute atomic E-state index is 0.223. The van der Waals surface area contributed by atoms with Crippen LogP contribution in [0.1, 0.15) is 62.2 Å². The predicted molar refractivity (Wildman–Crippen MR) is 142 cm³/mol. The van der Waals surface area contributed by atoms with Crippen molar-refractivity contribution >= 4 is 17.7 Å². The van der Waals surface area contributed by atoms with Crippen LogP contribution in [-0.4, -0.2) is 57.1 Å². The summed E-state index contributed by atoms with van der Waals surface area (Å²) in [6.45, 7) is 8.79. The van der Waals surface area contributed by atoms with Gasteiger partial charge in [-0.3, -0.25) is 9.78 Å². The van der Waals surface area contributed by atoms with Crippen molar-refractivity contribution < 1.29 is 19.1 Å². The van der Waals surface area contributed by atoms with Gasteiger partial charge in [0.15, 0.2) is 0 Å². The van der Waals surface area contributed by atoms with Crippen LogP contribution >= 0.6 is 0 Å². The van der Waals surface area contributed by atoms with E-state index in [2.05, 4.69) is 26.3 Å². The van der Waals surface area contributed by atoms with Gasteiger partial charge in [0, 0.05) is 36.3 Å². The molecule has 3 aromatic rings. The summed E-state index contributed by atoms with van der Waals surface area (Å²) in [5, 5.41) is 2.93. The van der Waals surface area contributed by atoms with Gasteiger partial charge in [0.2, 0.25) is 5.88 Å². The third kappa shape index (κ3) is 6.67. The zero-order valence-electron chi connectivity index (χ0n) is 22.0. The molecule has 0 saturated carbocycles. The molecule has 1 aliphatic carbocycles. The second-order valence-electron chi connectivity index (χ2n) is 10.1. The van der Waals surface area contributed by atoms with E-state index in [0.29, 0.717) is 30.2 Å². The van der Waals surface area contributed by atoms with E-state index < -0.39 is 5.60 Å².